The number of amides is 1. The van der Waals surface area contributed by atoms with Gasteiger partial charge >= 0.3 is 0 Å². The molecule has 4 rings (SSSR count). The van der Waals surface area contributed by atoms with Gasteiger partial charge in [0.25, 0.3) is 0 Å². The van der Waals surface area contributed by atoms with Crippen LogP contribution in [-0.2, 0) is 11.3 Å². The van der Waals surface area contributed by atoms with E-state index >= 15 is 0 Å². The van der Waals surface area contributed by atoms with Crippen LogP contribution >= 0.6 is 11.8 Å². The Morgan fingerprint density at radius 1 is 1.21 bits per heavy atom. The van der Waals surface area contributed by atoms with Crippen LogP contribution in [0.5, 0.6) is 5.75 Å². The number of aromatic nitrogens is 1. The van der Waals surface area contributed by atoms with E-state index in [0.717, 1.165) is 38.4 Å². The van der Waals surface area contributed by atoms with Gasteiger partial charge in [0, 0.05) is 47.1 Å². The van der Waals surface area contributed by atoms with E-state index in [4.69, 9.17) is 4.74 Å². The number of aliphatic hydroxyl groups excluding tert-OH is 1. The van der Waals surface area contributed by atoms with Gasteiger partial charge in [0.05, 0.1) is 24.9 Å². The number of thioether (sulfide) groups is 1. The number of likely N-dealkylation sites (N-methyl/N-ethyl adjacent to an activating group) is 1. The zero-order valence-corrected chi connectivity index (χ0v) is 17.8. The van der Waals surface area contributed by atoms with Gasteiger partial charge in [-0.1, -0.05) is 18.2 Å². The molecule has 0 spiro atoms. The van der Waals surface area contributed by atoms with Crippen LogP contribution in [0, 0.1) is 0 Å². The third-order valence-corrected chi connectivity index (χ3v) is 6.87. The molecule has 1 unspecified atom stereocenters. The van der Waals surface area contributed by atoms with E-state index in [0.29, 0.717) is 19.6 Å². The predicted octanol–water partition coefficient (Wildman–Crippen LogP) is 4.32. The zero-order chi connectivity index (χ0) is 20.5. The molecule has 0 saturated heterocycles. The largest absolute Gasteiger partial charge is 0.497 e. The van der Waals surface area contributed by atoms with E-state index in [2.05, 4.69) is 16.7 Å². The molecular formula is C23H26N2O3S. The number of nitrogens with zero attached hydrogens (tertiary/aromatic N) is 2. The van der Waals surface area contributed by atoms with Crippen LogP contribution < -0.4 is 4.74 Å². The molecule has 3 aromatic rings. The molecule has 1 amide bonds. The van der Waals surface area contributed by atoms with E-state index in [1.165, 1.54) is 0 Å². The van der Waals surface area contributed by atoms with Gasteiger partial charge in [-0.25, -0.2) is 0 Å². The molecule has 2 aromatic carbocycles. The number of carbonyl (C=O) groups excluding carboxylic acids is 1. The Morgan fingerprint density at radius 2 is 1.97 bits per heavy atom. The number of rotatable bonds is 6. The standard InChI is InChI=1S/C23H26N2O3S/c1-4-24(5-2)23(27)22-20-16-11-10-15(28-3)14-18(16)25(12-13-26)21(20)17-8-6-7-9-19(17)29-22/h6-11,14,22,26H,4-5,12-13H2,1-3H3. The highest BCUT2D eigenvalue weighted by Crippen LogP contribution is 2.53. The second-order valence-corrected chi connectivity index (χ2v) is 8.17. The minimum absolute atomic E-state index is 0.0252. The summed E-state index contributed by atoms with van der Waals surface area (Å²) in [5.41, 5.74) is 4.16. The first-order valence-electron chi connectivity index (χ1n) is 10.00. The Morgan fingerprint density at radius 3 is 2.66 bits per heavy atom. The fourth-order valence-electron chi connectivity index (χ4n) is 4.20. The molecular weight excluding hydrogens is 384 g/mol. The van der Waals surface area contributed by atoms with Crippen molar-refractivity contribution in [3.05, 3.63) is 48.0 Å². The second-order valence-electron chi connectivity index (χ2n) is 7.03. The molecule has 29 heavy (non-hydrogen) atoms. The first kappa shape index (κ1) is 19.9. The molecule has 1 N–H and O–H groups in total. The predicted molar refractivity (Wildman–Crippen MR) is 118 cm³/mol. The van der Waals surface area contributed by atoms with Crippen LogP contribution in [-0.4, -0.2) is 47.3 Å². The van der Waals surface area contributed by atoms with Gasteiger partial charge in [0.15, 0.2) is 0 Å². The molecule has 0 bridgehead atoms. The molecule has 1 aliphatic rings. The monoisotopic (exact) mass is 410 g/mol. The van der Waals surface area contributed by atoms with Crippen molar-refractivity contribution in [3.8, 4) is 17.0 Å². The molecule has 1 atom stereocenters. The van der Waals surface area contributed by atoms with Crippen molar-refractivity contribution < 1.29 is 14.6 Å². The van der Waals surface area contributed by atoms with Gasteiger partial charge in [-0.05, 0) is 32.0 Å². The third-order valence-electron chi connectivity index (χ3n) is 5.58. The lowest BCUT2D eigenvalue weighted by Crippen LogP contribution is -2.34. The molecule has 5 nitrogen and oxygen atoms in total. The lowest BCUT2D eigenvalue weighted by atomic mass is 10.0. The normalized spacial score (nSPS) is 15.1. The number of hydrogen-bond acceptors (Lipinski definition) is 4. The number of methoxy groups -OCH3 is 1. The first-order valence-corrected chi connectivity index (χ1v) is 10.9. The van der Waals surface area contributed by atoms with E-state index in [-0.39, 0.29) is 17.8 Å². The maximum Gasteiger partial charge on any atom is 0.240 e. The maximum atomic E-state index is 13.5. The van der Waals surface area contributed by atoms with Crippen LogP contribution in [0.2, 0.25) is 0 Å². The van der Waals surface area contributed by atoms with Gasteiger partial charge in [-0.15, -0.1) is 11.8 Å². The fourth-order valence-corrected chi connectivity index (χ4v) is 5.51. The smallest absolute Gasteiger partial charge is 0.240 e. The van der Waals surface area contributed by atoms with Gasteiger partial charge < -0.3 is 19.3 Å². The highest BCUT2D eigenvalue weighted by Gasteiger charge is 2.37. The quantitative estimate of drug-likeness (QED) is 0.657. The van der Waals surface area contributed by atoms with Gasteiger partial charge in [0.2, 0.25) is 5.91 Å². The highest BCUT2D eigenvalue weighted by atomic mass is 32.2. The topological polar surface area (TPSA) is 54.7 Å². The lowest BCUT2D eigenvalue weighted by Gasteiger charge is -2.29. The van der Waals surface area contributed by atoms with E-state index in [1.807, 2.05) is 49.1 Å². The number of aliphatic hydroxyl groups is 1. The summed E-state index contributed by atoms with van der Waals surface area (Å²) in [7, 11) is 1.65. The summed E-state index contributed by atoms with van der Waals surface area (Å²) >= 11 is 1.62. The minimum Gasteiger partial charge on any atom is -0.497 e. The Labute approximate surface area is 175 Å². The van der Waals surface area contributed by atoms with Crippen LogP contribution in [0.3, 0.4) is 0 Å². The van der Waals surface area contributed by atoms with E-state index < -0.39 is 0 Å². The third kappa shape index (κ3) is 3.20. The van der Waals surface area contributed by atoms with E-state index in [9.17, 15) is 9.90 Å². The summed E-state index contributed by atoms with van der Waals surface area (Å²) in [5.74, 6) is 0.897. The molecule has 2 heterocycles. The molecule has 152 valence electrons. The summed E-state index contributed by atoms with van der Waals surface area (Å²) < 4.78 is 7.58. The summed E-state index contributed by atoms with van der Waals surface area (Å²) in [6.07, 6.45) is 0. The highest BCUT2D eigenvalue weighted by molar-refractivity contribution is 8.00. The summed E-state index contributed by atoms with van der Waals surface area (Å²) in [4.78, 5) is 16.5. The number of ether oxygens (including phenoxy) is 1. The van der Waals surface area contributed by atoms with Crippen molar-refractivity contribution >= 4 is 28.6 Å². The van der Waals surface area contributed by atoms with Crippen LogP contribution in [0.1, 0.15) is 24.7 Å². The summed E-state index contributed by atoms with van der Waals surface area (Å²) in [6.45, 7) is 5.90. The van der Waals surface area contributed by atoms with E-state index in [1.54, 1.807) is 18.9 Å². The van der Waals surface area contributed by atoms with Gasteiger partial charge in [0.1, 0.15) is 11.0 Å². The Kier molecular flexibility index (Phi) is 5.56. The molecule has 6 heteroatoms. The van der Waals surface area contributed by atoms with Crippen molar-refractivity contribution in [1.29, 1.82) is 0 Å². The van der Waals surface area contributed by atoms with Crippen molar-refractivity contribution in [2.45, 2.75) is 30.5 Å². The molecule has 1 aromatic heterocycles. The Hall–Kier alpha value is -2.44. The second kappa shape index (κ2) is 8.13. The SMILES string of the molecule is CCN(CC)C(=O)C1Sc2ccccc2-c2c1c1ccc(OC)cc1n2CCO. The van der Waals surface area contributed by atoms with Crippen LogP contribution in [0.4, 0.5) is 0 Å². The Balaban J connectivity index is 2.04. The van der Waals surface area contributed by atoms with Crippen molar-refractivity contribution in [2.75, 3.05) is 26.8 Å². The number of benzene rings is 2. The van der Waals surface area contributed by atoms with Crippen LogP contribution in [0.25, 0.3) is 22.2 Å². The van der Waals surface area contributed by atoms with Crippen molar-refractivity contribution in [1.82, 2.24) is 9.47 Å². The zero-order valence-electron chi connectivity index (χ0n) is 17.0. The maximum absolute atomic E-state index is 13.5. The average Bonchev–Trinajstić information content (AvgIpc) is 3.08. The van der Waals surface area contributed by atoms with Crippen LogP contribution in [0.15, 0.2) is 47.4 Å². The molecule has 0 saturated carbocycles. The molecule has 0 fully saturated rings. The first-order chi connectivity index (χ1) is 14.1. The average molecular weight is 411 g/mol. The minimum atomic E-state index is -0.310. The number of carbonyl (C=O) groups is 1. The summed E-state index contributed by atoms with van der Waals surface area (Å²) in [5, 5.41) is 10.5. The molecule has 0 radical (unpaired) electrons. The molecule has 0 aliphatic carbocycles. The van der Waals surface area contributed by atoms with Gasteiger partial charge in [-0.3, -0.25) is 4.79 Å². The molecule has 1 aliphatic heterocycles. The Bertz CT molecular complexity index is 1060. The lowest BCUT2D eigenvalue weighted by molar-refractivity contribution is -0.130. The summed E-state index contributed by atoms with van der Waals surface area (Å²) in [6, 6.07) is 14.2. The fraction of sp³-hybridized carbons (Fsp3) is 0.348. The van der Waals surface area contributed by atoms with Crippen molar-refractivity contribution in [3.63, 3.8) is 0 Å². The number of hydrogen-bond donors (Lipinski definition) is 1. The van der Waals surface area contributed by atoms with Crippen molar-refractivity contribution in [2.24, 2.45) is 0 Å². The van der Waals surface area contributed by atoms with Gasteiger partial charge in [-0.2, -0.15) is 0 Å². The number of fused-ring (bicyclic) bond motifs is 5.